The van der Waals surface area contributed by atoms with Crippen LogP contribution in [0.1, 0.15) is 65.6 Å². The Morgan fingerprint density at radius 1 is 1.15 bits per heavy atom. The zero-order chi connectivity index (χ0) is 28.2. The number of aromatic carboxylic acids is 1. The maximum Gasteiger partial charge on any atom is 0.387 e. The van der Waals surface area contributed by atoms with Gasteiger partial charge in [0.1, 0.15) is 22.8 Å². The van der Waals surface area contributed by atoms with Crippen LogP contribution >= 0.6 is 23.2 Å². The lowest BCUT2D eigenvalue weighted by atomic mass is 10.0. The number of aryl methyl sites for hydroxylation is 1. The summed E-state index contributed by atoms with van der Waals surface area (Å²) in [5.74, 6) is -0.161. The number of pyridine rings is 1. The highest BCUT2D eigenvalue weighted by Gasteiger charge is 2.32. The van der Waals surface area contributed by atoms with Crippen molar-refractivity contribution < 1.29 is 32.5 Å². The van der Waals surface area contributed by atoms with Crippen LogP contribution in [0.3, 0.4) is 0 Å². The first-order chi connectivity index (χ1) is 19.3. The van der Waals surface area contributed by atoms with Crippen molar-refractivity contribution in [3.05, 3.63) is 69.5 Å². The van der Waals surface area contributed by atoms with Crippen molar-refractivity contribution in [1.82, 2.24) is 20.3 Å². The predicted molar refractivity (Wildman–Crippen MR) is 142 cm³/mol. The molecular formula is C27H22Cl2F2N4O5. The van der Waals surface area contributed by atoms with Crippen LogP contribution in [0, 0.1) is 0 Å². The molecule has 40 heavy (non-hydrogen) atoms. The van der Waals surface area contributed by atoms with Gasteiger partial charge in [-0.25, -0.2) is 4.79 Å². The van der Waals surface area contributed by atoms with Crippen LogP contribution < -0.4 is 4.74 Å². The smallest absolute Gasteiger partial charge is 0.387 e. The number of unbranched alkanes of at least 4 members (excludes halogenated alkanes) is 2. The zero-order valence-electron chi connectivity index (χ0n) is 20.8. The minimum Gasteiger partial charge on any atom is -0.478 e. The molecule has 1 aliphatic carbocycles. The summed E-state index contributed by atoms with van der Waals surface area (Å²) in [4.78, 5) is 19.8. The van der Waals surface area contributed by atoms with E-state index in [1.54, 1.807) is 0 Å². The standard InChI is InChI=1S/C27H22Cl2F2N4O5/c28-18-12-32-13-19(29)22(18)23-16(24(40-34-23)14-7-8-14)5-3-1-2-4-6-21-33-25(35-39-21)15-9-10-20(38-27(30)31)17(11-15)26(36)37/h3,5,9-14,27H,1-2,4,6-8H2,(H,36,37)/b5-3+. The van der Waals surface area contributed by atoms with Crippen molar-refractivity contribution in [2.75, 3.05) is 0 Å². The van der Waals surface area contributed by atoms with Crippen LogP contribution in [0.4, 0.5) is 8.78 Å². The van der Waals surface area contributed by atoms with Gasteiger partial charge in [0.2, 0.25) is 11.7 Å². The number of hydrogen-bond acceptors (Lipinski definition) is 8. The fourth-order valence-electron chi connectivity index (χ4n) is 4.18. The third kappa shape index (κ3) is 6.31. The largest absolute Gasteiger partial charge is 0.478 e. The molecule has 0 radical (unpaired) electrons. The molecule has 1 fully saturated rings. The van der Waals surface area contributed by atoms with Crippen molar-refractivity contribution in [2.45, 2.75) is 51.1 Å². The van der Waals surface area contributed by atoms with E-state index in [4.69, 9.17) is 32.2 Å². The maximum absolute atomic E-state index is 12.5. The number of rotatable bonds is 12. The number of allylic oxidation sites excluding steroid dienone is 1. The molecular weight excluding hydrogens is 569 g/mol. The van der Waals surface area contributed by atoms with Gasteiger partial charge in [0.15, 0.2) is 0 Å². The first kappa shape index (κ1) is 27.7. The summed E-state index contributed by atoms with van der Waals surface area (Å²) in [5.41, 5.74) is 1.93. The molecule has 1 N–H and O–H groups in total. The van der Waals surface area contributed by atoms with E-state index in [1.165, 1.54) is 24.5 Å². The Hall–Kier alpha value is -3.83. The average molecular weight is 591 g/mol. The van der Waals surface area contributed by atoms with Crippen LogP contribution in [-0.4, -0.2) is 38.0 Å². The van der Waals surface area contributed by atoms with E-state index < -0.39 is 23.9 Å². The molecule has 0 amide bonds. The Labute approximate surface area is 236 Å². The Bertz CT molecular complexity index is 1530. The van der Waals surface area contributed by atoms with E-state index >= 15 is 0 Å². The molecule has 5 rings (SSSR count). The molecule has 0 saturated heterocycles. The molecule has 3 aromatic heterocycles. The summed E-state index contributed by atoms with van der Waals surface area (Å²) in [6.45, 7) is -3.15. The minimum atomic E-state index is -3.15. The number of nitrogens with zero attached hydrogens (tertiary/aromatic N) is 4. The zero-order valence-corrected chi connectivity index (χ0v) is 22.3. The third-order valence-electron chi connectivity index (χ3n) is 6.24. The van der Waals surface area contributed by atoms with Crippen molar-refractivity contribution in [3.63, 3.8) is 0 Å². The molecule has 1 saturated carbocycles. The van der Waals surface area contributed by atoms with Crippen LogP contribution in [0.15, 0.2) is 45.7 Å². The van der Waals surface area contributed by atoms with E-state index in [-0.39, 0.29) is 5.82 Å². The Morgan fingerprint density at radius 2 is 1.93 bits per heavy atom. The minimum absolute atomic E-state index is 0.155. The van der Waals surface area contributed by atoms with Gasteiger partial charge < -0.3 is 18.9 Å². The second kappa shape index (κ2) is 12.1. The highest BCUT2D eigenvalue weighted by Crippen LogP contribution is 2.46. The van der Waals surface area contributed by atoms with Crippen molar-refractivity contribution in [2.24, 2.45) is 0 Å². The molecule has 4 aromatic rings. The van der Waals surface area contributed by atoms with Crippen LogP contribution in [0.25, 0.3) is 28.7 Å². The monoisotopic (exact) mass is 590 g/mol. The summed E-state index contributed by atoms with van der Waals surface area (Å²) >= 11 is 12.7. The van der Waals surface area contributed by atoms with Gasteiger partial charge in [-0.2, -0.15) is 13.8 Å². The first-order valence-corrected chi connectivity index (χ1v) is 13.2. The van der Waals surface area contributed by atoms with Gasteiger partial charge in [0.05, 0.1) is 10.0 Å². The average Bonchev–Trinajstić information content (AvgIpc) is 3.50. The summed E-state index contributed by atoms with van der Waals surface area (Å²) in [7, 11) is 0. The molecule has 208 valence electrons. The summed E-state index contributed by atoms with van der Waals surface area (Å²) in [6, 6.07) is 3.70. The maximum atomic E-state index is 12.5. The van der Waals surface area contributed by atoms with E-state index in [1.807, 2.05) is 12.2 Å². The number of carboxylic acid groups (broad SMARTS) is 1. The summed E-state index contributed by atoms with van der Waals surface area (Å²) in [5, 5.41) is 18.3. The van der Waals surface area contributed by atoms with E-state index in [0.717, 1.165) is 49.5 Å². The van der Waals surface area contributed by atoms with Gasteiger partial charge >= 0.3 is 12.6 Å². The van der Waals surface area contributed by atoms with Gasteiger partial charge in [0.25, 0.3) is 0 Å². The number of halogens is 4. The number of carbonyl (C=O) groups is 1. The normalized spacial score (nSPS) is 13.4. The van der Waals surface area contributed by atoms with Gasteiger partial charge in [-0.15, -0.1) is 0 Å². The second-order valence-corrected chi connectivity index (χ2v) is 9.93. The Morgan fingerprint density at radius 3 is 2.62 bits per heavy atom. The topological polar surface area (TPSA) is 124 Å². The lowest BCUT2D eigenvalue weighted by molar-refractivity contribution is -0.0503. The molecule has 0 spiro atoms. The predicted octanol–water partition coefficient (Wildman–Crippen LogP) is 7.70. The lowest BCUT2D eigenvalue weighted by Crippen LogP contribution is -2.07. The molecule has 1 aliphatic rings. The van der Waals surface area contributed by atoms with Crippen molar-refractivity contribution >= 4 is 35.2 Å². The van der Waals surface area contributed by atoms with Crippen LogP contribution in [0.5, 0.6) is 5.75 Å². The Kier molecular flexibility index (Phi) is 8.41. The quantitative estimate of drug-likeness (QED) is 0.165. The molecule has 1 aromatic carbocycles. The van der Waals surface area contributed by atoms with Gasteiger partial charge in [-0.1, -0.05) is 45.7 Å². The number of aromatic nitrogens is 4. The lowest BCUT2D eigenvalue weighted by Gasteiger charge is -2.08. The molecule has 13 heteroatoms. The van der Waals surface area contributed by atoms with Gasteiger partial charge in [-0.05, 0) is 50.3 Å². The molecule has 0 aliphatic heterocycles. The number of carboxylic acids is 1. The van der Waals surface area contributed by atoms with Crippen molar-refractivity contribution in [3.8, 4) is 28.4 Å². The van der Waals surface area contributed by atoms with E-state index in [0.29, 0.717) is 45.1 Å². The Balaban J connectivity index is 1.20. The molecule has 9 nitrogen and oxygen atoms in total. The molecule has 0 atom stereocenters. The van der Waals surface area contributed by atoms with Crippen LogP contribution in [-0.2, 0) is 6.42 Å². The molecule has 3 heterocycles. The van der Waals surface area contributed by atoms with Crippen LogP contribution in [0.2, 0.25) is 10.0 Å². The van der Waals surface area contributed by atoms with E-state index in [2.05, 4.69) is 25.0 Å². The summed E-state index contributed by atoms with van der Waals surface area (Å²) in [6.07, 6.45) is 12.0. The fourth-order valence-corrected chi connectivity index (χ4v) is 4.72. The molecule has 0 bridgehead atoms. The number of ether oxygens (including phenoxy) is 1. The third-order valence-corrected chi connectivity index (χ3v) is 6.82. The second-order valence-electron chi connectivity index (χ2n) is 9.12. The SMILES string of the molecule is O=C(O)c1cc(-c2noc(CCCC/C=C/c3c(-c4c(Cl)cncc4Cl)noc3C3CC3)n2)ccc1OC(F)F. The highest BCUT2D eigenvalue weighted by atomic mass is 35.5. The first-order valence-electron chi connectivity index (χ1n) is 12.4. The molecule has 0 unspecified atom stereocenters. The highest BCUT2D eigenvalue weighted by molar-refractivity contribution is 6.39. The van der Waals surface area contributed by atoms with E-state index in [9.17, 15) is 18.7 Å². The number of hydrogen-bond donors (Lipinski definition) is 1. The summed E-state index contributed by atoms with van der Waals surface area (Å²) < 4.78 is 40.3. The fraction of sp³-hybridized carbons (Fsp3) is 0.296. The van der Waals surface area contributed by atoms with Gasteiger partial charge in [0, 0.05) is 41.4 Å². The van der Waals surface area contributed by atoms with Gasteiger partial charge in [-0.3, -0.25) is 4.98 Å². The number of alkyl halides is 2. The van der Waals surface area contributed by atoms with Crippen molar-refractivity contribution in [1.29, 1.82) is 0 Å². The number of benzene rings is 1.